The molecule has 1 heterocycles. The zero-order chi connectivity index (χ0) is 13.4. The molecule has 19 heavy (non-hydrogen) atoms. The second-order valence-electron chi connectivity index (χ2n) is 4.68. The van der Waals surface area contributed by atoms with Gasteiger partial charge in [-0.3, -0.25) is 0 Å². The fourth-order valence-electron chi connectivity index (χ4n) is 2.16. The molecular weight excluding hydrogens is 281 g/mol. The van der Waals surface area contributed by atoms with Crippen molar-refractivity contribution in [3.63, 3.8) is 0 Å². The molecule has 0 bridgehead atoms. The Morgan fingerprint density at radius 2 is 1.84 bits per heavy atom. The molecule has 1 atom stereocenters. The van der Waals surface area contributed by atoms with E-state index in [1.165, 1.54) is 5.56 Å². The molecule has 4 heteroatoms. The highest BCUT2D eigenvalue weighted by atomic mass is 35.5. The van der Waals surface area contributed by atoms with Crippen LogP contribution < -0.4 is 10.1 Å². The van der Waals surface area contributed by atoms with Crippen LogP contribution in [0.5, 0.6) is 5.75 Å². The fraction of sp³-hybridized carbons (Fsp3) is 0.200. The summed E-state index contributed by atoms with van der Waals surface area (Å²) in [6.07, 6.45) is 0. The highest BCUT2D eigenvalue weighted by Gasteiger charge is 2.15. The van der Waals surface area contributed by atoms with Crippen molar-refractivity contribution in [1.29, 1.82) is 0 Å². The highest BCUT2D eigenvalue weighted by Crippen LogP contribution is 2.33. The third-order valence-corrected chi connectivity index (χ3v) is 3.65. The zero-order valence-electron chi connectivity index (χ0n) is 10.4. The molecule has 1 aliphatic rings. The average molecular weight is 294 g/mol. The van der Waals surface area contributed by atoms with Crippen LogP contribution >= 0.6 is 23.2 Å². The number of hydrogen-bond acceptors (Lipinski definition) is 2. The van der Waals surface area contributed by atoms with Crippen LogP contribution in [-0.4, -0.2) is 0 Å². The first-order valence-electron chi connectivity index (χ1n) is 6.10. The molecule has 0 saturated carbocycles. The van der Waals surface area contributed by atoms with Crippen LogP contribution in [0.25, 0.3) is 0 Å². The lowest BCUT2D eigenvalue weighted by Gasteiger charge is -2.23. The Kier molecular flexibility index (Phi) is 3.29. The lowest BCUT2D eigenvalue weighted by molar-refractivity contribution is 0.243. The molecule has 1 N–H and O–H groups in total. The fourth-order valence-corrected chi connectivity index (χ4v) is 2.70. The SMILES string of the molecule is CC(Nc1ccc2c(c1)CO2)c1cc(Cl)cc(Cl)c1. The molecule has 0 saturated heterocycles. The van der Waals surface area contributed by atoms with Gasteiger partial charge in [0, 0.05) is 27.3 Å². The third kappa shape index (κ3) is 2.65. The summed E-state index contributed by atoms with van der Waals surface area (Å²) in [6, 6.07) is 11.8. The second-order valence-corrected chi connectivity index (χ2v) is 5.55. The van der Waals surface area contributed by atoms with E-state index in [0.29, 0.717) is 16.7 Å². The minimum absolute atomic E-state index is 0.134. The molecule has 0 aliphatic carbocycles. The molecule has 0 aromatic heterocycles. The maximum absolute atomic E-state index is 6.02. The van der Waals surface area contributed by atoms with Crippen molar-refractivity contribution in [3.8, 4) is 5.75 Å². The van der Waals surface area contributed by atoms with Gasteiger partial charge in [-0.1, -0.05) is 23.2 Å². The number of hydrogen-bond donors (Lipinski definition) is 1. The number of anilines is 1. The zero-order valence-corrected chi connectivity index (χ0v) is 11.9. The number of halogens is 2. The molecule has 0 radical (unpaired) electrons. The largest absolute Gasteiger partial charge is 0.488 e. The van der Waals surface area contributed by atoms with Crippen LogP contribution in [0, 0.1) is 0 Å². The summed E-state index contributed by atoms with van der Waals surface area (Å²) < 4.78 is 5.29. The van der Waals surface area contributed by atoms with Gasteiger partial charge < -0.3 is 10.1 Å². The van der Waals surface area contributed by atoms with Crippen LogP contribution in [0.2, 0.25) is 10.0 Å². The number of nitrogens with one attached hydrogen (secondary N) is 1. The molecule has 2 nitrogen and oxygen atoms in total. The van der Waals surface area contributed by atoms with E-state index in [0.717, 1.165) is 17.0 Å². The van der Waals surface area contributed by atoms with E-state index in [9.17, 15) is 0 Å². The summed E-state index contributed by atoms with van der Waals surface area (Å²) in [6.45, 7) is 2.78. The topological polar surface area (TPSA) is 21.3 Å². The van der Waals surface area contributed by atoms with Gasteiger partial charge in [0.1, 0.15) is 12.4 Å². The second kappa shape index (κ2) is 4.95. The van der Waals surface area contributed by atoms with Crippen molar-refractivity contribution in [3.05, 3.63) is 57.6 Å². The molecule has 2 aromatic carbocycles. The predicted molar refractivity (Wildman–Crippen MR) is 79.3 cm³/mol. The van der Waals surface area contributed by atoms with Gasteiger partial charge in [-0.25, -0.2) is 0 Å². The number of fused-ring (bicyclic) bond motifs is 1. The minimum Gasteiger partial charge on any atom is -0.488 e. The normalized spacial score (nSPS) is 14.1. The summed E-state index contributed by atoms with van der Waals surface area (Å²) in [4.78, 5) is 0. The van der Waals surface area contributed by atoms with E-state index in [1.54, 1.807) is 6.07 Å². The van der Waals surface area contributed by atoms with Crippen molar-refractivity contribution < 1.29 is 4.74 Å². The van der Waals surface area contributed by atoms with E-state index in [4.69, 9.17) is 27.9 Å². The molecule has 0 amide bonds. The lowest BCUT2D eigenvalue weighted by Crippen LogP contribution is -2.11. The monoisotopic (exact) mass is 293 g/mol. The summed E-state index contributed by atoms with van der Waals surface area (Å²) in [5.74, 6) is 0.976. The first-order valence-corrected chi connectivity index (χ1v) is 6.86. The Morgan fingerprint density at radius 3 is 2.42 bits per heavy atom. The summed E-state index contributed by atoms with van der Waals surface area (Å²) in [5, 5.41) is 4.75. The van der Waals surface area contributed by atoms with E-state index in [1.807, 2.05) is 24.3 Å². The first kappa shape index (κ1) is 12.6. The number of rotatable bonds is 3. The van der Waals surface area contributed by atoms with E-state index in [2.05, 4.69) is 18.3 Å². The third-order valence-electron chi connectivity index (χ3n) is 3.21. The van der Waals surface area contributed by atoms with Gasteiger partial charge in [0.25, 0.3) is 0 Å². The first-order chi connectivity index (χ1) is 9.11. The van der Waals surface area contributed by atoms with Gasteiger partial charge in [-0.15, -0.1) is 0 Å². The average Bonchev–Trinajstić information content (AvgIpc) is 2.31. The Hall–Kier alpha value is -1.38. The summed E-state index contributed by atoms with van der Waals surface area (Å²) in [7, 11) is 0. The van der Waals surface area contributed by atoms with Crippen molar-refractivity contribution in [1.82, 2.24) is 0 Å². The van der Waals surface area contributed by atoms with Crippen LogP contribution in [0.1, 0.15) is 24.1 Å². The van der Waals surface area contributed by atoms with Gasteiger partial charge in [0.15, 0.2) is 0 Å². The molecule has 0 fully saturated rings. The molecule has 2 aromatic rings. The van der Waals surface area contributed by atoms with Gasteiger partial charge in [-0.2, -0.15) is 0 Å². The molecule has 98 valence electrons. The Labute approximate surface area is 122 Å². The van der Waals surface area contributed by atoms with E-state index < -0.39 is 0 Å². The van der Waals surface area contributed by atoms with Crippen LogP contribution in [-0.2, 0) is 6.61 Å². The Balaban J connectivity index is 1.80. The van der Waals surface area contributed by atoms with Gasteiger partial charge in [0.2, 0.25) is 0 Å². The minimum atomic E-state index is 0.134. The van der Waals surface area contributed by atoms with Crippen LogP contribution in [0.3, 0.4) is 0 Å². The van der Waals surface area contributed by atoms with Crippen LogP contribution in [0.4, 0.5) is 5.69 Å². The predicted octanol–water partition coefficient (Wildman–Crippen LogP) is 5.06. The van der Waals surface area contributed by atoms with Crippen molar-refractivity contribution in [2.24, 2.45) is 0 Å². The standard InChI is InChI=1S/C15H13Cl2NO/c1-9(10-4-12(16)7-13(17)5-10)18-14-2-3-15-11(6-14)8-19-15/h2-7,9,18H,8H2,1H3. The molecule has 0 spiro atoms. The number of benzene rings is 2. The highest BCUT2D eigenvalue weighted by molar-refractivity contribution is 6.34. The van der Waals surface area contributed by atoms with E-state index in [-0.39, 0.29) is 6.04 Å². The maximum atomic E-state index is 6.02. The smallest absolute Gasteiger partial charge is 0.126 e. The molecule has 1 aliphatic heterocycles. The summed E-state index contributed by atoms with van der Waals surface area (Å²) in [5.41, 5.74) is 3.38. The molecule has 3 rings (SSSR count). The van der Waals surface area contributed by atoms with Crippen molar-refractivity contribution in [2.45, 2.75) is 19.6 Å². The number of ether oxygens (including phenoxy) is 1. The Bertz CT molecular complexity index is 607. The lowest BCUT2D eigenvalue weighted by atomic mass is 10.1. The quantitative estimate of drug-likeness (QED) is 0.854. The Morgan fingerprint density at radius 1 is 1.11 bits per heavy atom. The van der Waals surface area contributed by atoms with Crippen molar-refractivity contribution in [2.75, 3.05) is 5.32 Å². The maximum Gasteiger partial charge on any atom is 0.126 e. The molecule has 1 unspecified atom stereocenters. The molecular formula is C15H13Cl2NO. The summed E-state index contributed by atoms with van der Waals surface area (Å²) >= 11 is 12.0. The van der Waals surface area contributed by atoms with Gasteiger partial charge >= 0.3 is 0 Å². The van der Waals surface area contributed by atoms with Crippen molar-refractivity contribution >= 4 is 28.9 Å². The van der Waals surface area contributed by atoms with Crippen LogP contribution in [0.15, 0.2) is 36.4 Å². The van der Waals surface area contributed by atoms with E-state index >= 15 is 0 Å². The van der Waals surface area contributed by atoms with Gasteiger partial charge in [0.05, 0.1) is 0 Å². The van der Waals surface area contributed by atoms with Gasteiger partial charge in [-0.05, 0) is 48.9 Å².